The monoisotopic (exact) mass is 414 g/mol. The second kappa shape index (κ2) is 7.87. The third-order valence-electron chi connectivity index (χ3n) is 2.92. The predicted octanol–water partition coefficient (Wildman–Crippen LogP) is 4.14. The summed E-state index contributed by atoms with van der Waals surface area (Å²) in [5.74, 6) is -1.49. The molecular formula is C13H17BrF6O3. The van der Waals surface area contributed by atoms with Gasteiger partial charge in [-0.15, -0.1) is 0 Å². The Kier molecular flexibility index (Phi) is 7.60. The Bertz CT molecular complexity index is 416. The van der Waals surface area contributed by atoms with E-state index in [0.717, 1.165) is 0 Å². The first-order chi connectivity index (χ1) is 10.2. The zero-order chi connectivity index (χ0) is 18.6. The molecule has 0 rings (SSSR count). The fourth-order valence-corrected chi connectivity index (χ4v) is 1.94. The highest BCUT2D eigenvalue weighted by atomic mass is 79.9. The van der Waals surface area contributed by atoms with E-state index in [9.17, 15) is 36.2 Å². The summed E-state index contributed by atoms with van der Waals surface area (Å²) in [4.78, 5) is 11.6. The van der Waals surface area contributed by atoms with Crippen molar-refractivity contribution in [1.29, 1.82) is 0 Å². The van der Waals surface area contributed by atoms with Gasteiger partial charge in [-0.3, -0.25) is 0 Å². The zero-order valence-corrected chi connectivity index (χ0v) is 14.0. The summed E-state index contributed by atoms with van der Waals surface area (Å²) in [5, 5.41) is 9.15. The second-order valence-corrected chi connectivity index (χ2v) is 6.01. The first kappa shape index (κ1) is 22.2. The maximum Gasteiger partial charge on any atom is 0.426 e. The van der Waals surface area contributed by atoms with Crippen molar-refractivity contribution in [2.45, 2.75) is 50.7 Å². The molecule has 0 aromatic rings. The number of rotatable bonds is 7. The van der Waals surface area contributed by atoms with Crippen molar-refractivity contribution in [2.24, 2.45) is 5.92 Å². The number of aliphatic hydroxyl groups is 1. The topological polar surface area (TPSA) is 46.5 Å². The summed E-state index contributed by atoms with van der Waals surface area (Å²) < 4.78 is 81.0. The Morgan fingerprint density at radius 3 is 1.91 bits per heavy atom. The number of ether oxygens (including phenoxy) is 1. The van der Waals surface area contributed by atoms with Crippen molar-refractivity contribution < 1.29 is 41.0 Å². The molecular weight excluding hydrogens is 398 g/mol. The SMILES string of the molecule is C=C(CBr)C(=O)OC(CC(C)C)CC(O)(C(F)(F)F)C(F)(F)F. The van der Waals surface area contributed by atoms with Crippen molar-refractivity contribution >= 4 is 21.9 Å². The van der Waals surface area contributed by atoms with Crippen LogP contribution in [0.2, 0.25) is 0 Å². The van der Waals surface area contributed by atoms with Crippen LogP contribution >= 0.6 is 15.9 Å². The van der Waals surface area contributed by atoms with Crippen molar-refractivity contribution in [3.8, 4) is 0 Å². The predicted molar refractivity (Wildman–Crippen MR) is 73.9 cm³/mol. The molecule has 0 bridgehead atoms. The van der Waals surface area contributed by atoms with Gasteiger partial charge in [-0.05, 0) is 12.3 Å². The van der Waals surface area contributed by atoms with Gasteiger partial charge in [0.25, 0.3) is 5.60 Å². The minimum atomic E-state index is -5.96. The lowest BCUT2D eigenvalue weighted by Crippen LogP contribution is -2.58. The van der Waals surface area contributed by atoms with E-state index >= 15 is 0 Å². The van der Waals surface area contributed by atoms with Crippen LogP contribution in [0.5, 0.6) is 0 Å². The van der Waals surface area contributed by atoms with Gasteiger partial charge < -0.3 is 9.84 Å². The van der Waals surface area contributed by atoms with E-state index in [1.807, 2.05) is 0 Å². The summed E-state index contributed by atoms with van der Waals surface area (Å²) in [7, 11) is 0. The number of hydrogen-bond donors (Lipinski definition) is 1. The number of carbonyl (C=O) groups excluding carboxylic acids is 1. The fraction of sp³-hybridized carbons (Fsp3) is 0.769. The molecule has 0 heterocycles. The van der Waals surface area contributed by atoms with Gasteiger partial charge in [0.05, 0.1) is 0 Å². The molecule has 0 saturated carbocycles. The van der Waals surface area contributed by atoms with Gasteiger partial charge >= 0.3 is 18.3 Å². The number of esters is 1. The van der Waals surface area contributed by atoms with E-state index in [1.54, 1.807) is 0 Å². The molecule has 0 aliphatic heterocycles. The van der Waals surface area contributed by atoms with Gasteiger partial charge in [0.2, 0.25) is 0 Å². The Balaban J connectivity index is 5.48. The Hall–Kier alpha value is -0.770. The molecule has 1 unspecified atom stereocenters. The maximum atomic E-state index is 12.7. The maximum absolute atomic E-state index is 12.7. The summed E-state index contributed by atoms with van der Waals surface area (Å²) in [6, 6.07) is 0. The normalized spacial score (nSPS) is 14.7. The standard InChI is InChI=1S/C13H17BrF6O3/c1-7(2)4-9(23-10(21)8(3)6-14)5-11(22,12(15,16)17)13(18,19)20/h7,9,22H,3-6H2,1-2H3. The first-order valence-corrected chi connectivity index (χ1v) is 7.58. The van der Waals surface area contributed by atoms with Crippen LogP contribution in [0.4, 0.5) is 26.3 Å². The third kappa shape index (κ3) is 5.98. The number of carbonyl (C=O) groups is 1. The smallest absolute Gasteiger partial charge is 0.426 e. The molecule has 1 N–H and O–H groups in total. The molecule has 0 fully saturated rings. The molecule has 3 nitrogen and oxygen atoms in total. The van der Waals surface area contributed by atoms with E-state index in [1.165, 1.54) is 13.8 Å². The number of hydrogen-bond acceptors (Lipinski definition) is 3. The highest BCUT2D eigenvalue weighted by Gasteiger charge is 2.70. The van der Waals surface area contributed by atoms with Crippen molar-refractivity contribution in [3.63, 3.8) is 0 Å². The molecule has 10 heteroatoms. The average molecular weight is 415 g/mol. The molecule has 0 aromatic carbocycles. The van der Waals surface area contributed by atoms with Gasteiger partial charge in [0, 0.05) is 17.3 Å². The molecule has 0 aliphatic carbocycles. The quantitative estimate of drug-likeness (QED) is 0.294. The fourth-order valence-electron chi connectivity index (χ4n) is 1.71. The summed E-state index contributed by atoms with van der Waals surface area (Å²) >= 11 is 2.87. The lowest BCUT2D eigenvalue weighted by molar-refractivity contribution is -0.374. The van der Waals surface area contributed by atoms with Crippen LogP contribution in [0, 0.1) is 5.92 Å². The van der Waals surface area contributed by atoms with Gasteiger partial charge in [0.1, 0.15) is 6.10 Å². The Labute approximate surface area is 137 Å². The molecule has 0 aromatic heterocycles. The Morgan fingerprint density at radius 2 is 1.61 bits per heavy atom. The van der Waals surface area contributed by atoms with Gasteiger partial charge in [-0.1, -0.05) is 36.4 Å². The first-order valence-electron chi connectivity index (χ1n) is 6.46. The molecule has 1 atom stereocenters. The van der Waals surface area contributed by atoms with Crippen molar-refractivity contribution in [2.75, 3.05) is 5.33 Å². The van der Waals surface area contributed by atoms with Crippen LogP contribution in [-0.2, 0) is 9.53 Å². The van der Waals surface area contributed by atoms with Crippen LogP contribution in [0.3, 0.4) is 0 Å². The summed E-state index contributed by atoms with van der Waals surface area (Å²) in [5.41, 5.74) is -5.13. The lowest BCUT2D eigenvalue weighted by atomic mass is 9.90. The molecule has 136 valence electrons. The summed E-state index contributed by atoms with van der Waals surface area (Å²) in [6.45, 7) is 6.33. The zero-order valence-electron chi connectivity index (χ0n) is 12.4. The molecule has 0 saturated heterocycles. The largest absolute Gasteiger partial charge is 0.459 e. The second-order valence-electron chi connectivity index (χ2n) is 5.45. The Morgan fingerprint density at radius 1 is 1.17 bits per heavy atom. The minimum Gasteiger partial charge on any atom is -0.459 e. The highest BCUT2D eigenvalue weighted by Crippen LogP contribution is 2.46. The third-order valence-corrected chi connectivity index (χ3v) is 3.60. The number of alkyl halides is 7. The summed E-state index contributed by atoms with van der Waals surface area (Å²) in [6.07, 6.45) is -15.8. The molecule has 0 spiro atoms. The van der Waals surface area contributed by atoms with E-state index in [-0.39, 0.29) is 23.2 Å². The molecule has 23 heavy (non-hydrogen) atoms. The van der Waals surface area contributed by atoms with Crippen molar-refractivity contribution in [1.82, 2.24) is 0 Å². The van der Waals surface area contributed by atoms with Crippen LogP contribution in [-0.4, -0.2) is 40.5 Å². The van der Waals surface area contributed by atoms with Crippen LogP contribution in [0.25, 0.3) is 0 Å². The van der Waals surface area contributed by atoms with E-state index < -0.39 is 36.4 Å². The van der Waals surface area contributed by atoms with E-state index in [0.29, 0.717) is 0 Å². The molecule has 0 radical (unpaired) electrons. The molecule has 0 aliphatic rings. The van der Waals surface area contributed by atoms with Crippen LogP contribution < -0.4 is 0 Å². The van der Waals surface area contributed by atoms with Gasteiger partial charge in [-0.25, -0.2) is 4.79 Å². The molecule has 0 amide bonds. The van der Waals surface area contributed by atoms with E-state index in [4.69, 9.17) is 0 Å². The highest BCUT2D eigenvalue weighted by molar-refractivity contribution is 9.09. The van der Waals surface area contributed by atoms with Crippen molar-refractivity contribution in [3.05, 3.63) is 12.2 Å². The van der Waals surface area contributed by atoms with E-state index in [2.05, 4.69) is 27.2 Å². The average Bonchev–Trinajstić information content (AvgIpc) is 2.33. The van der Waals surface area contributed by atoms with Gasteiger partial charge in [-0.2, -0.15) is 26.3 Å². The number of halogens is 7. The minimum absolute atomic E-state index is 0.0525. The van der Waals surface area contributed by atoms with Crippen LogP contribution in [0.1, 0.15) is 26.7 Å². The van der Waals surface area contributed by atoms with Gasteiger partial charge in [0.15, 0.2) is 0 Å². The van der Waals surface area contributed by atoms with Crippen LogP contribution in [0.15, 0.2) is 12.2 Å². The lowest BCUT2D eigenvalue weighted by Gasteiger charge is -2.35.